The molecule has 4 rings (SSSR count). The van der Waals surface area contributed by atoms with Crippen LogP contribution >= 0.6 is 11.3 Å². The second-order valence-corrected chi connectivity index (χ2v) is 10.9. The van der Waals surface area contributed by atoms with E-state index in [2.05, 4.69) is 10.3 Å². The van der Waals surface area contributed by atoms with Gasteiger partial charge in [-0.2, -0.15) is 4.31 Å². The third kappa shape index (κ3) is 4.97. The lowest BCUT2D eigenvalue weighted by Gasteiger charge is -2.27. The summed E-state index contributed by atoms with van der Waals surface area (Å²) in [6.07, 6.45) is 2.85. The summed E-state index contributed by atoms with van der Waals surface area (Å²) >= 11 is 1.22. The Kier molecular flexibility index (Phi) is 7.28. The number of amides is 2. The van der Waals surface area contributed by atoms with E-state index < -0.39 is 57.6 Å². The molecule has 2 aromatic heterocycles. The Labute approximate surface area is 206 Å². The Balaban J connectivity index is 1.49. The van der Waals surface area contributed by atoms with Crippen molar-refractivity contribution in [1.82, 2.24) is 19.5 Å². The van der Waals surface area contributed by atoms with Gasteiger partial charge >= 0.3 is 6.09 Å². The van der Waals surface area contributed by atoms with E-state index >= 15 is 0 Å². The first-order valence-corrected chi connectivity index (χ1v) is 13.4. The molecule has 0 saturated carbocycles. The van der Waals surface area contributed by atoms with Crippen LogP contribution in [0.25, 0.3) is 0 Å². The summed E-state index contributed by atoms with van der Waals surface area (Å²) < 4.78 is 32.2. The number of carbonyl (C=O) groups excluding carboxylic acids is 4. The molecule has 35 heavy (non-hydrogen) atoms. The van der Waals surface area contributed by atoms with Crippen LogP contribution in [0.4, 0.5) is 4.79 Å². The molecule has 2 amide bonds. The van der Waals surface area contributed by atoms with Gasteiger partial charge in [0.05, 0.1) is 18.2 Å². The molecule has 186 valence electrons. The van der Waals surface area contributed by atoms with Crippen molar-refractivity contribution in [1.29, 1.82) is 0 Å². The number of aromatic nitrogens is 1. The molecular formula is C22H24N4O7S2. The molecule has 2 aliphatic heterocycles. The summed E-state index contributed by atoms with van der Waals surface area (Å²) in [7, 11) is -4.50. The largest absolute Gasteiger partial charge is 0.414 e. The van der Waals surface area contributed by atoms with Crippen LogP contribution in [0.5, 0.6) is 5.06 Å². The average Bonchev–Trinajstić information content (AvgIpc) is 3.57. The Morgan fingerprint density at radius 1 is 1.29 bits per heavy atom. The lowest BCUT2D eigenvalue weighted by Crippen LogP contribution is -2.53. The maximum atomic E-state index is 13.3. The Bertz CT molecular complexity index is 1220. The maximum absolute atomic E-state index is 13.3. The van der Waals surface area contributed by atoms with Gasteiger partial charge < -0.3 is 15.0 Å². The van der Waals surface area contributed by atoms with E-state index in [0.29, 0.717) is 17.9 Å². The molecule has 0 radical (unpaired) electrons. The standard InChI is InChI=1S/C22H24N4O7S2/c1-2-5-15(24-22(30)33-18-7-4-11-34-18)20(28)25-10-8-16-19(25)17(27)13-26(16)35(31,32)21(29)14-6-3-9-23-12-14/h3-4,6-7,9,11-12,15-16,19H,2,5,8,10,13H2,1H3,(H,24,30). The van der Waals surface area contributed by atoms with Crippen molar-refractivity contribution in [2.45, 2.75) is 44.3 Å². The second kappa shape index (κ2) is 10.2. The molecule has 4 heterocycles. The predicted octanol–water partition coefficient (Wildman–Crippen LogP) is 1.42. The van der Waals surface area contributed by atoms with Gasteiger partial charge in [0.15, 0.2) is 10.8 Å². The third-order valence-corrected chi connectivity index (χ3v) is 8.42. The van der Waals surface area contributed by atoms with Crippen molar-refractivity contribution in [3.63, 3.8) is 0 Å². The quantitative estimate of drug-likeness (QED) is 0.578. The SMILES string of the molecule is CCCC(NC(=O)Oc1cccs1)C(=O)N1CCC2C1C(=O)CN2S(=O)(=O)C(=O)c1cccnc1. The molecule has 3 atom stereocenters. The number of fused-ring (bicyclic) bond motifs is 1. The number of carbonyl (C=O) groups is 4. The van der Waals surface area contributed by atoms with Crippen LogP contribution in [0.3, 0.4) is 0 Å². The van der Waals surface area contributed by atoms with E-state index in [0.717, 1.165) is 10.5 Å². The highest BCUT2D eigenvalue weighted by Crippen LogP contribution is 2.33. The molecule has 2 fully saturated rings. The van der Waals surface area contributed by atoms with Crippen LogP contribution in [0.2, 0.25) is 0 Å². The molecule has 2 aromatic rings. The van der Waals surface area contributed by atoms with Gasteiger partial charge in [-0.1, -0.05) is 13.3 Å². The Morgan fingerprint density at radius 2 is 2.09 bits per heavy atom. The van der Waals surface area contributed by atoms with E-state index in [4.69, 9.17) is 4.74 Å². The molecule has 0 aromatic carbocycles. The fourth-order valence-corrected chi connectivity index (χ4v) is 6.49. The lowest BCUT2D eigenvalue weighted by molar-refractivity contribution is -0.138. The lowest BCUT2D eigenvalue weighted by atomic mass is 10.1. The van der Waals surface area contributed by atoms with Gasteiger partial charge in [0.2, 0.25) is 5.91 Å². The van der Waals surface area contributed by atoms with Crippen molar-refractivity contribution in [3.8, 4) is 5.06 Å². The number of ketones is 1. The summed E-state index contributed by atoms with van der Waals surface area (Å²) in [6, 6.07) is 3.30. The number of rotatable bonds is 7. The van der Waals surface area contributed by atoms with Crippen LogP contribution in [-0.4, -0.2) is 76.7 Å². The first kappa shape index (κ1) is 24.9. The van der Waals surface area contributed by atoms with E-state index in [9.17, 15) is 27.6 Å². The number of nitrogens with one attached hydrogen (secondary N) is 1. The number of pyridine rings is 1. The van der Waals surface area contributed by atoms with E-state index in [1.165, 1.54) is 34.6 Å². The van der Waals surface area contributed by atoms with E-state index in [1.54, 1.807) is 17.5 Å². The van der Waals surface area contributed by atoms with E-state index in [1.807, 2.05) is 6.92 Å². The van der Waals surface area contributed by atoms with Crippen LogP contribution in [0.1, 0.15) is 36.5 Å². The van der Waals surface area contributed by atoms with Crippen molar-refractivity contribution in [2.75, 3.05) is 13.1 Å². The fourth-order valence-electron chi connectivity index (χ4n) is 4.41. The average molecular weight is 521 g/mol. The molecule has 0 bridgehead atoms. The molecule has 2 saturated heterocycles. The van der Waals surface area contributed by atoms with Crippen molar-refractivity contribution < 1.29 is 32.3 Å². The highest BCUT2D eigenvalue weighted by Gasteiger charge is 2.55. The number of sulfonamides is 1. The van der Waals surface area contributed by atoms with Gasteiger partial charge in [-0.3, -0.25) is 19.4 Å². The van der Waals surface area contributed by atoms with Gasteiger partial charge in [0, 0.05) is 18.9 Å². The number of likely N-dealkylation sites (tertiary alicyclic amines) is 1. The maximum Gasteiger partial charge on any atom is 0.414 e. The number of hydrogen-bond donors (Lipinski definition) is 1. The monoisotopic (exact) mass is 520 g/mol. The summed E-state index contributed by atoms with van der Waals surface area (Å²) in [5.74, 6) is -0.964. The molecule has 13 heteroatoms. The number of thiophene rings is 1. The topological polar surface area (TPSA) is 143 Å². The molecule has 0 spiro atoms. The van der Waals surface area contributed by atoms with Gasteiger partial charge in [-0.25, -0.2) is 13.2 Å². The van der Waals surface area contributed by atoms with Crippen LogP contribution in [-0.2, 0) is 19.6 Å². The predicted molar refractivity (Wildman–Crippen MR) is 125 cm³/mol. The smallest absolute Gasteiger partial charge is 0.399 e. The molecule has 11 nitrogen and oxygen atoms in total. The zero-order valence-electron chi connectivity index (χ0n) is 18.8. The van der Waals surface area contributed by atoms with Crippen LogP contribution in [0, 0.1) is 0 Å². The Hall–Kier alpha value is -3.16. The number of hydrogen-bond acceptors (Lipinski definition) is 9. The number of nitrogens with zero attached hydrogens (tertiary/aromatic N) is 3. The minimum Gasteiger partial charge on any atom is -0.399 e. The van der Waals surface area contributed by atoms with Gasteiger partial charge in [-0.15, -0.1) is 11.3 Å². The summed E-state index contributed by atoms with van der Waals surface area (Å²) in [4.78, 5) is 56.3. The molecule has 3 unspecified atom stereocenters. The van der Waals surface area contributed by atoms with Gasteiger partial charge in [0.25, 0.3) is 15.1 Å². The fraction of sp³-hybridized carbons (Fsp3) is 0.409. The number of ether oxygens (including phenoxy) is 1. The molecule has 2 aliphatic rings. The minimum absolute atomic E-state index is 0.106. The zero-order valence-corrected chi connectivity index (χ0v) is 20.5. The van der Waals surface area contributed by atoms with Crippen LogP contribution < -0.4 is 10.1 Å². The minimum atomic E-state index is -4.50. The Morgan fingerprint density at radius 3 is 2.74 bits per heavy atom. The molecule has 0 aliphatic carbocycles. The highest BCUT2D eigenvalue weighted by molar-refractivity contribution is 8.04. The van der Waals surface area contributed by atoms with Crippen molar-refractivity contribution in [3.05, 3.63) is 47.6 Å². The van der Waals surface area contributed by atoms with Gasteiger partial charge in [-0.05, 0) is 42.5 Å². The van der Waals surface area contributed by atoms with E-state index in [-0.39, 0.29) is 18.5 Å². The summed E-state index contributed by atoms with van der Waals surface area (Å²) in [5.41, 5.74) is -0.106. The number of Topliss-reactive ketones (excluding diaryl/α,β-unsaturated/α-hetero) is 1. The highest BCUT2D eigenvalue weighted by atomic mass is 32.2. The van der Waals surface area contributed by atoms with Crippen molar-refractivity contribution >= 4 is 44.3 Å². The summed E-state index contributed by atoms with van der Waals surface area (Å²) in [6.45, 7) is 1.47. The van der Waals surface area contributed by atoms with Gasteiger partial charge in [0.1, 0.15) is 12.1 Å². The summed E-state index contributed by atoms with van der Waals surface area (Å²) in [5, 5.41) is 3.53. The second-order valence-electron chi connectivity index (χ2n) is 8.19. The first-order valence-electron chi connectivity index (χ1n) is 11.0. The molecule has 1 N–H and O–H groups in total. The third-order valence-electron chi connectivity index (χ3n) is 5.96. The first-order chi connectivity index (χ1) is 16.7. The zero-order chi connectivity index (χ0) is 25.2. The molecular weight excluding hydrogens is 496 g/mol. The van der Waals surface area contributed by atoms with Crippen molar-refractivity contribution in [2.24, 2.45) is 0 Å². The normalized spacial score (nSPS) is 20.9. The van der Waals surface area contributed by atoms with Crippen LogP contribution in [0.15, 0.2) is 42.0 Å².